The molecule has 1 saturated heterocycles. The van der Waals surface area contributed by atoms with Gasteiger partial charge in [0, 0.05) is 23.4 Å². The van der Waals surface area contributed by atoms with Crippen molar-refractivity contribution in [2.24, 2.45) is 0 Å². The van der Waals surface area contributed by atoms with Crippen molar-refractivity contribution in [1.82, 2.24) is 9.88 Å². The van der Waals surface area contributed by atoms with Crippen LogP contribution in [0.5, 0.6) is 0 Å². The fourth-order valence-electron chi connectivity index (χ4n) is 1.82. The van der Waals surface area contributed by atoms with E-state index in [-0.39, 0.29) is 12.5 Å². The van der Waals surface area contributed by atoms with E-state index in [1.54, 1.807) is 17.2 Å². The molecule has 1 aromatic heterocycles. The van der Waals surface area contributed by atoms with Gasteiger partial charge in [-0.3, -0.25) is 9.78 Å². The van der Waals surface area contributed by atoms with Crippen LogP contribution in [0, 0.1) is 0 Å². The molecule has 0 N–H and O–H groups in total. The first-order valence-electron chi connectivity index (χ1n) is 5.71. The van der Waals surface area contributed by atoms with E-state index in [0.29, 0.717) is 18.7 Å². The molecule has 0 spiro atoms. The molecule has 1 aromatic rings. The number of aromatic nitrogens is 1. The molecule has 0 aliphatic carbocycles. The predicted octanol–water partition coefficient (Wildman–Crippen LogP) is 0.858. The van der Waals surface area contributed by atoms with Crippen LogP contribution < -0.4 is 0 Å². The van der Waals surface area contributed by atoms with Crippen LogP contribution in [0.4, 0.5) is 0 Å². The quantitative estimate of drug-likeness (QED) is 0.753. The number of hydrogen-bond donors (Lipinski definition) is 0. The van der Waals surface area contributed by atoms with Crippen molar-refractivity contribution in [2.75, 3.05) is 26.8 Å². The molecular formula is C12H13BrN2O4. The summed E-state index contributed by atoms with van der Waals surface area (Å²) in [6, 6.07) is 1.69. The lowest BCUT2D eigenvalue weighted by atomic mass is 10.2. The van der Waals surface area contributed by atoms with Crippen LogP contribution in [0.2, 0.25) is 0 Å². The molecule has 0 saturated carbocycles. The van der Waals surface area contributed by atoms with Gasteiger partial charge in [-0.15, -0.1) is 0 Å². The molecule has 6 nitrogen and oxygen atoms in total. The SMILES string of the molecule is COC(=O)C1CN(C(=O)c2cncc(Br)c2)CCO1. The Balaban J connectivity index is 2.09. The van der Waals surface area contributed by atoms with E-state index in [4.69, 9.17) is 4.74 Å². The third-order valence-electron chi connectivity index (χ3n) is 2.77. The van der Waals surface area contributed by atoms with Crippen LogP contribution in [-0.2, 0) is 14.3 Å². The summed E-state index contributed by atoms with van der Waals surface area (Å²) >= 11 is 3.27. The maximum Gasteiger partial charge on any atom is 0.336 e. The number of carbonyl (C=O) groups excluding carboxylic acids is 2. The zero-order valence-electron chi connectivity index (χ0n) is 10.3. The summed E-state index contributed by atoms with van der Waals surface area (Å²) in [6.07, 6.45) is 2.38. The Hall–Kier alpha value is -1.47. The fraction of sp³-hybridized carbons (Fsp3) is 0.417. The first kappa shape index (κ1) is 14.0. The molecule has 1 atom stereocenters. The second kappa shape index (κ2) is 6.12. The molecule has 0 aromatic carbocycles. The van der Waals surface area contributed by atoms with Gasteiger partial charge in [0.25, 0.3) is 5.91 Å². The molecule has 1 amide bonds. The van der Waals surface area contributed by atoms with Crippen LogP contribution in [0.15, 0.2) is 22.9 Å². The first-order chi connectivity index (χ1) is 9.11. The monoisotopic (exact) mass is 328 g/mol. The molecule has 1 fully saturated rings. The summed E-state index contributed by atoms with van der Waals surface area (Å²) in [4.78, 5) is 29.2. The van der Waals surface area contributed by atoms with Crippen molar-refractivity contribution in [3.05, 3.63) is 28.5 Å². The van der Waals surface area contributed by atoms with Gasteiger partial charge >= 0.3 is 5.97 Å². The van der Waals surface area contributed by atoms with E-state index in [0.717, 1.165) is 4.47 Å². The van der Waals surface area contributed by atoms with E-state index >= 15 is 0 Å². The Morgan fingerprint density at radius 2 is 2.32 bits per heavy atom. The lowest BCUT2D eigenvalue weighted by Crippen LogP contribution is -2.48. The topological polar surface area (TPSA) is 68.7 Å². The lowest BCUT2D eigenvalue weighted by molar-refractivity contribution is -0.158. The number of rotatable bonds is 2. The third-order valence-corrected chi connectivity index (χ3v) is 3.20. The molecule has 1 unspecified atom stereocenters. The minimum atomic E-state index is -0.720. The van der Waals surface area contributed by atoms with Crippen LogP contribution in [0.3, 0.4) is 0 Å². The molecule has 1 aliphatic rings. The van der Waals surface area contributed by atoms with Crippen LogP contribution in [-0.4, -0.2) is 54.7 Å². The predicted molar refractivity (Wildman–Crippen MR) is 69.6 cm³/mol. The summed E-state index contributed by atoms with van der Waals surface area (Å²) in [7, 11) is 1.30. The van der Waals surface area contributed by atoms with Crippen molar-refractivity contribution < 1.29 is 19.1 Å². The van der Waals surface area contributed by atoms with Crippen LogP contribution in [0.1, 0.15) is 10.4 Å². The Bertz CT molecular complexity index is 494. The van der Waals surface area contributed by atoms with E-state index in [2.05, 4.69) is 25.7 Å². The number of carbonyl (C=O) groups is 2. The molecule has 19 heavy (non-hydrogen) atoms. The van der Waals surface area contributed by atoms with Crippen molar-refractivity contribution in [3.8, 4) is 0 Å². The van der Waals surface area contributed by atoms with Gasteiger partial charge in [0.2, 0.25) is 0 Å². The third kappa shape index (κ3) is 3.30. The van der Waals surface area contributed by atoms with Crippen molar-refractivity contribution in [2.45, 2.75) is 6.10 Å². The Kier molecular flexibility index (Phi) is 4.49. The number of nitrogens with zero attached hydrogens (tertiary/aromatic N) is 2. The van der Waals surface area contributed by atoms with Gasteiger partial charge in [0.15, 0.2) is 6.10 Å². The number of pyridine rings is 1. The van der Waals surface area contributed by atoms with Gasteiger partial charge in [-0.25, -0.2) is 4.79 Å². The van der Waals surface area contributed by atoms with Crippen molar-refractivity contribution >= 4 is 27.8 Å². The number of amides is 1. The van der Waals surface area contributed by atoms with Gasteiger partial charge in [0.05, 0.1) is 25.8 Å². The number of methoxy groups -OCH3 is 1. The minimum absolute atomic E-state index is 0.175. The van der Waals surface area contributed by atoms with Crippen LogP contribution >= 0.6 is 15.9 Å². The minimum Gasteiger partial charge on any atom is -0.467 e. The fourth-order valence-corrected chi connectivity index (χ4v) is 2.18. The number of hydrogen-bond acceptors (Lipinski definition) is 5. The van der Waals surface area contributed by atoms with Gasteiger partial charge in [-0.1, -0.05) is 0 Å². The summed E-state index contributed by atoms with van der Waals surface area (Å²) in [5.74, 6) is -0.643. The summed E-state index contributed by atoms with van der Waals surface area (Å²) in [5, 5.41) is 0. The zero-order chi connectivity index (χ0) is 13.8. The summed E-state index contributed by atoms with van der Waals surface area (Å²) in [6.45, 7) is 0.948. The van der Waals surface area contributed by atoms with Gasteiger partial charge in [-0.2, -0.15) is 0 Å². The Morgan fingerprint density at radius 1 is 1.53 bits per heavy atom. The average Bonchev–Trinajstić information content (AvgIpc) is 2.45. The largest absolute Gasteiger partial charge is 0.467 e. The van der Waals surface area contributed by atoms with Crippen molar-refractivity contribution in [1.29, 1.82) is 0 Å². The number of esters is 1. The Labute approximate surface area is 118 Å². The number of halogens is 1. The molecular weight excluding hydrogens is 316 g/mol. The first-order valence-corrected chi connectivity index (χ1v) is 6.50. The molecule has 0 bridgehead atoms. The maximum absolute atomic E-state index is 12.3. The number of ether oxygens (including phenoxy) is 2. The van der Waals surface area contributed by atoms with E-state index in [1.165, 1.54) is 13.3 Å². The van der Waals surface area contributed by atoms with E-state index in [9.17, 15) is 9.59 Å². The van der Waals surface area contributed by atoms with Gasteiger partial charge in [-0.05, 0) is 22.0 Å². The zero-order valence-corrected chi connectivity index (χ0v) is 11.9. The smallest absolute Gasteiger partial charge is 0.336 e. The lowest BCUT2D eigenvalue weighted by Gasteiger charge is -2.31. The van der Waals surface area contributed by atoms with Crippen LogP contribution in [0.25, 0.3) is 0 Å². The summed E-state index contributed by atoms with van der Waals surface area (Å²) < 4.78 is 10.6. The van der Waals surface area contributed by atoms with E-state index < -0.39 is 12.1 Å². The molecule has 1 aliphatic heterocycles. The van der Waals surface area contributed by atoms with Gasteiger partial charge < -0.3 is 14.4 Å². The summed E-state index contributed by atoms with van der Waals surface area (Å²) in [5.41, 5.74) is 0.472. The Morgan fingerprint density at radius 3 is 3.00 bits per heavy atom. The normalized spacial score (nSPS) is 19.1. The second-order valence-corrected chi connectivity index (χ2v) is 4.94. The highest BCUT2D eigenvalue weighted by Gasteiger charge is 2.30. The molecule has 0 radical (unpaired) electrons. The average molecular weight is 329 g/mol. The molecule has 2 heterocycles. The molecule has 7 heteroatoms. The van der Waals surface area contributed by atoms with Crippen molar-refractivity contribution in [3.63, 3.8) is 0 Å². The standard InChI is InChI=1S/C12H13BrN2O4/c1-18-12(17)10-7-15(2-3-19-10)11(16)8-4-9(13)6-14-5-8/h4-6,10H,2-3,7H2,1H3. The highest BCUT2D eigenvalue weighted by molar-refractivity contribution is 9.10. The maximum atomic E-state index is 12.3. The number of morpholine rings is 1. The van der Waals surface area contributed by atoms with Gasteiger partial charge in [0.1, 0.15) is 0 Å². The highest BCUT2D eigenvalue weighted by Crippen LogP contribution is 2.14. The second-order valence-electron chi connectivity index (χ2n) is 4.03. The molecule has 102 valence electrons. The highest BCUT2D eigenvalue weighted by atomic mass is 79.9. The van der Waals surface area contributed by atoms with E-state index in [1.807, 2.05) is 0 Å². The molecule has 2 rings (SSSR count).